The molecule has 6 heteroatoms. The van der Waals surface area contributed by atoms with E-state index in [1.54, 1.807) is 13.1 Å². The minimum absolute atomic E-state index is 0.0161. The first-order valence-corrected chi connectivity index (χ1v) is 7.19. The first-order valence-electron chi connectivity index (χ1n) is 5.52. The summed E-state index contributed by atoms with van der Waals surface area (Å²) < 4.78 is 33.6. The Kier molecular flexibility index (Phi) is 4.54. The highest BCUT2D eigenvalue weighted by molar-refractivity contribution is 9.10. The molecule has 2 rings (SSSR count). The van der Waals surface area contributed by atoms with Crippen molar-refractivity contribution in [3.05, 3.63) is 50.1 Å². The molecule has 0 aliphatic heterocycles. The standard InChI is InChI=1S/C13H12BrF2NOS/c1-17-12(13-9(18-2)5-6-19-13)10-8(15)4-3-7(14)11(10)16/h3-6,12,17H,1-2H3. The Morgan fingerprint density at radius 2 is 2.05 bits per heavy atom. The van der Waals surface area contributed by atoms with E-state index in [-0.39, 0.29) is 10.0 Å². The second-order valence-electron chi connectivity index (χ2n) is 3.83. The Bertz CT molecular complexity index is 588. The Labute approximate surface area is 122 Å². The summed E-state index contributed by atoms with van der Waals surface area (Å²) in [4.78, 5) is 0.737. The molecule has 0 spiro atoms. The SMILES string of the molecule is CNC(c1sccc1OC)c1c(F)ccc(Br)c1F. The van der Waals surface area contributed by atoms with E-state index in [2.05, 4.69) is 21.2 Å². The highest BCUT2D eigenvalue weighted by Crippen LogP contribution is 2.37. The van der Waals surface area contributed by atoms with Crippen LogP contribution in [-0.2, 0) is 0 Å². The lowest BCUT2D eigenvalue weighted by molar-refractivity contribution is 0.407. The van der Waals surface area contributed by atoms with E-state index in [1.165, 1.54) is 30.6 Å². The monoisotopic (exact) mass is 347 g/mol. The van der Waals surface area contributed by atoms with Crippen LogP contribution in [0.2, 0.25) is 0 Å². The van der Waals surface area contributed by atoms with E-state index >= 15 is 0 Å². The van der Waals surface area contributed by atoms with Crippen molar-refractivity contribution in [1.29, 1.82) is 0 Å². The molecule has 19 heavy (non-hydrogen) atoms. The van der Waals surface area contributed by atoms with Gasteiger partial charge in [0, 0.05) is 5.56 Å². The Morgan fingerprint density at radius 3 is 2.68 bits per heavy atom. The van der Waals surface area contributed by atoms with Gasteiger partial charge in [0.15, 0.2) is 0 Å². The summed E-state index contributed by atoms with van der Waals surface area (Å²) >= 11 is 4.47. The van der Waals surface area contributed by atoms with E-state index < -0.39 is 17.7 Å². The van der Waals surface area contributed by atoms with E-state index in [0.29, 0.717) is 5.75 Å². The number of thiophene rings is 1. The summed E-state index contributed by atoms with van der Waals surface area (Å²) in [5, 5.41) is 4.76. The Morgan fingerprint density at radius 1 is 1.32 bits per heavy atom. The van der Waals surface area contributed by atoms with Gasteiger partial charge in [0.2, 0.25) is 0 Å². The number of methoxy groups -OCH3 is 1. The molecule has 2 aromatic rings. The molecule has 2 nitrogen and oxygen atoms in total. The van der Waals surface area contributed by atoms with E-state index in [4.69, 9.17) is 4.74 Å². The summed E-state index contributed by atoms with van der Waals surface area (Å²) in [5.74, 6) is -0.576. The van der Waals surface area contributed by atoms with Crippen molar-refractivity contribution < 1.29 is 13.5 Å². The van der Waals surface area contributed by atoms with Crippen molar-refractivity contribution in [3.8, 4) is 5.75 Å². The van der Waals surface area contributed by atoms with Gasteiger partial charge in [0.1, 0.15) is 17.4 Å². The minimum atomic E-state index is -0.602. The summed E-state index contributed by atoms with van der Waals surface area (Å²) in [6, 6.07) is 3.78. The zero-order valence-corrected chi connectivity index (χ0v) is 12.7. The molecule has 1 heterocycles. The predicted octanol–water partition coefficient (Wildman–Crippen LogP) is 4.11. The van der Waals surface area contributed by atoms with Crippen LogP contribution in [-0.4, -0.2) is 14.2 Å². The van der Waals surface area contributed by atoms with Gasteiger partial charge in [-0.1, -0.05) is 0 Å². The highest BCUT2D eigenvalue weighted by atomic mass is 79.9. The average molecular weight is 348 g/mol. The second-order valence-corrected chi connectivity index (χ2v) is 5.63. The quantitative estimate of drug-likeness (QED) is 0.840. The van der Waals surface area contributed by atoms with Crippen LogP contribution in [0.3, 0.4) is 0 Å². The van der Waals surface area contributed by atoms with Crippen molar-refractivity contribution in [2.45, 2.75) is 6.04 Å². The third kappa shape index (κ3) is 2.66. The van der Waals surface area contributed by atoms with Crippen molar-refractivity contribution in [2.75, 3.05) is 14.2 Å². The number of rotatable bonds is 4. The van der Waals surface area contributed by atoms with Crippen LogP contribution in [0, 0.1) is 11.6 Å². The molecule has 0 bridgehead atoms. The summed E-state index contributed by atoms with van der Waals surface area (Å²) in [6.07, 6.45) is 0. The normalized spacial score (nSPS) is 12.5. The first kappa shape index (κ1) is 14.4. The number of hydrogen-bond acceptors (Lipinski definition) is 3. The largest absolute Gasteiger partial charge is 0.496 e. The fourth-order valence-corrected chi connectivity index (χ4v) is 3.23. The van der Waals surface area contributed by atoms with Crippen LogP contribution in [0.1, 0.15) is 16.5 Å². The molecular weight excluding hydrogens is 336 g/mol. The molecule has 1 N–H and O–H groups in total. The molecule has 0 fully saturated rings. The minimum Gasteiger partial charge on any atom is -0.496 e. The van der Waals surface area contributed by atoms with Gasteiger partial charge in [-0.05, 0) is 46.6 Å². The maximum Gasteiger partial charge on any atom is 0.145 e. The lowest BCUT2D eigenvalue weighted by atomic mass is 10.0. The number of hydrogen-bond donors (Lipinski definition) is 1. The Hall–Kier alpha value is -0.980. The van der Waals surface area contributed by atoms with E-state index in [0.717, 1.165) is 4.88 Å². The first-order chi connectivity index (χ1) is 9.10. The summed E-state index contributed by atoms with van der Waals surface area (Å²) in [6.45, 7) is 0. The molecule has 102 valence electrons. The number of halogens is 3. The fraction of sp³-hybridized carbons (Fsp3) is 0.231. The van der Waals surface area contributed by atoms with Gasteiger partial charge in [-0.3, -0.25) is 0 Å². The smallest absolute Gasteiger partial charge is 0.145 e. The van der Waals surface area contributed by atoms with Gasteiger partial charge in [0.25, 0.3) is 0 Å². The second kappa shape index (κ2) is 5.98. The third-order valence-electron chi connectivity index (χ3n) is 2.80. The topological polar surface area (TPSA) is 21.3 Å². The number of ether oxygens (including phenoxy) is 1. The third-order valence-corrected chi connectivity index (χ3v) is 4.37. The van der Waals surface area contributed by atoms with Gasteiger partial charge in [-0.15, -0.1) is 11.3 Å². The van der Waals surface area contributed by atoms with Crippen molar-refractivity contribution >= 4 is 27.3 Å². The van der Waals surface area contributed by atoms with Gasteiger partial charge in [0.05, 0.1) is 22.5 Å². The van der Waals surface area contributed by atoms with E-state index in [1.807, 2.05) is 5.38 Å². The van der Waals surface area contributed by atoms with Crippen LogP contribution >= 0.6 is 27.3 Å². The van der Waals surface area contributed by atoms with Crippen LogP contribution < -0.4 is 10.1 Å². The highest BCUT2D eigenvalue weighted by Gasteiger charge is 2.25. The summed E-state index contributed by atoms with van der Waals surface area (Å²) in [7, 11) is 3.19. The van der Waals surface area contributed by atoms with Crippen LogP contribution in [0.15, 0.2) is 28.1 Å². The molecule has 1 atom stereocenters. The van der Waals surface area contributed by atoms with Crippen molar-refractivity contribution in [1.82, 2.24) is 5.32 Å². The zero-order valence-electron chi connectivity index (χ0n) is 10.3. The lowest BCUT2D eigenvalue weighted by Gasteiger charge is -2.18. The molecule has 1 unspecified atom stereocenters. The molecule has 0 amide bonds. The molecule has 0 saturated heterocycles. The summed E-state index contributed by atoms with van der Waals surface area (Å²) in [5.41, 5.74) is -0.0161. The van der Waals surface area contributed by atoms with Crippen molar-refractivity contribution in [2.24, 2.45) is 0 Å². The van der Waals surface area contributed by atoms with Gasteiger partial charge in [-0.2, -0.15) is 0 Å². The van der Waals surface area contributed by atoms with Crippen LogP contribution in [0.5, 0.6) is 5.75 Å². The van der Waals surface area contributed by atoms with Crippen molar-refractivity contribution in [3.63, 3.8) is 0 Å². The molecule has 0 aliphatic rings. The fourth-order valence-electron chi connectivity index (χ4n) is 1.90. The predicted molar refractivity (Wildman–Crippen MR) is 75.8 cm³/mol. The van der Waals surface area contributed by atoms with Crippen LogP contribution in [0.25, 0.3) is 0 Å². The van der Waals surface area contributed by atoms with E-state index in [9.17, 15) is 8.78 Å². The maximum absolute atomic E-state index is 14.2. The van der Waals surface area contributed by atoms with Gasteiger partial charge >= 0.3 is 0 Å². The zero-order chi connectivity index (χ0) is 14.0. The molecule has 0 radical (unpaired) electrons. The molecule has 1 aromatic carbocycles. The molecule has 0 saturated carbocycles. The molecular formula is C13H12BrF2NOS. The van der Waals surface area contributed by atoms with Gasteiger partial charge in [-0.25, -0.2) is 8.78 Å². The maximum atomic E-state index is 14.2. The number of benzene rings is 1. The number of nitrogens with one attached hydrogen (secondary N) is 1. The van der Waals surface area contributed by atoms with Gasteiger partial charge < -0.3 is 10.1 Å². The lowest BCUT2D eigenvalue weighted by Crippen LogP contribution is -2.20. The average Bonchev–Trinajstić information content (AvgIpc) is 2.87. The van der Waals surface area contributed by atoms with Crippen LogP contribution in [0.4, 0.5) is 8.78 Å². The Balaban J connectivity index is 2.58. The molecule has 1 aromatic heterocycles. The molecule has 0 aliphatic carbocycles.